The Morgan fingerprint density at radius 3 is 1.10 bits per heavy atom. The summed E-state index contributed by atoms with van der Waals surface area (Å²) in [5.41, 5.74) is 2.34. The van der Waals surface area contributed by atoms with Gasteiger partial charge in [0.05, 0.1) is 37.6 Å². The molecule has 4 unspecified atom stereocenters. The fourth-order valence-corrected chi connectivity index (χ4v) is 7.22. The number of ether oxygens (including phenoxy) is 2. The van der Waals surface area contributed by atoms with Gasteiger partial charge >= 0.3 is 48.9 Å². The molecule has 8 nitrogen and oxygen atoms in total. The Bertz CT molecular complexity index is 1110. The van der Waals surface area contributed by atoms with Crippen LogP contribution in [-0.2, 0) is 32.3 Å². The summed E-state index contributed by atoms with van der Waals surface area (Å²) in [6.45, 7) is 5.69. The Balaban J connectivity index is 0.00000112. The van der Waals surface area contributed by atoms with Crippen LogP contribution in [0.2, 0.25) is 0 Å². The molecule has 4 atom stereocenters. The van der Waals surface area contributed by atoms with Crippen LogP contribution < -0.4 is 10.2 Å². The summed E-state index contributed by atoms with van der Waals surface area (Å²) in [5, 5.41) is 41.3. The summed E-state index contributed by atoms with van der Waals surface area (Å²) in [7, 11) is 0. The van der Waals surface area contributed by atoms with E-state index in [0.717, 1.165) is 38.5 Å². The van der Waals surface area contributed by atoms with E-state index in [1.54, 1.807) is 0 Å². The summed E-state index contributed by atoms with van der Waals surface area (Å²) in [6.07, 6.45) is 27.1. The van der Waals surface area contributed by atoms with Crippen molar-refractivity contribution in [1.82, 2.24) is 0 Å². The number of carbonyl (C=O) groups excluding carboxylic acids is 2. The van der Waals surface area contributed by atoms with Gasteiger partial charge in [-0.15, -0.1) is 0 Å². The predicted molar refractivity (Wildman–Crippen MR) is 238 cm³/mol. The van der Waals surface area contributed by atoms with Gasteiger partial charge in [-0.25, -0.2) is 0 Å². The van der Waals surface area contributed by atoms with Gasteiger partial charge in [-0.3, -0.25) is 0 Å². The molecule has 9 heteroatoms. The zero-order chi connectivity index (χ0) is 42.3. The second kappa shape index (κ2) is 42.1. The van der Waals surface area contributed by atoms with E-state index in [1.165, 1.54) is 101 Å². The molecule has 0 saturated carbocycles. The predicted octanol–water partition coefficient (Wildman–Crippen LogP) is 9.95. The third-order valence-electron chi connectivity index (χ3n) is 10.9. The number of aliphatic hydroxyl groups excluding tert-OH is 2. The molecule has 0 aromatic heterocycles. The van der Waals surface area contributed by atoms with Gasteiger partial charge in [0.2, 0.25) is 0 Å². The third kappa shape index (κ3) is 38.2. The molecule has 0 saturated heterocycles. The van der Waals surface area contributed by atoms with E-state index in [1.807, 2.05) is 36.4 Å². The van der Waals surface area contributed by atoms with Crippen molar-refractivity contribution in [3.8, 4) is 0 Å². The molecule has 0 aliphatic rings. The molecule has 0 heterocycles. The molecular formula is C50H82BaO8. The zero-order valence-electron chi connectivity index (χ0n) is 37.3. The first kappa shape index (κ1) is 57.8. The SMILES string of the molecule is CCCCCCCCCCC(CCC(O)CCCC(=O)[O-])OCc1ccccc1.CCCCCCCCCCC(CCC(O)CCCC(=O)[O-])OCc1ccccc1.[Ba+2]. The second-order valence-electron chi connectivity index (χ2n) is 16.4. The molecular weight excluding hydrogens is 866 g/mol. The molecule has 2 aromatic carbocycles. The first-order valence-electron chi connectivity index (χ1n) is 23.3. The van der Waals surface area contributed by atoms with Crippen molar-refractivity contribution < 1.29 is 39.5 Å². The maximum absolute atomic E-state index is 10.5. The molecule has 0 aliphatic carbocycles. The molecule has 2 rings (SSSR count). The molecule has 0 aliphatic heterocycles. The molecule has 0 amide bonds. The van der Waals surface area contributed by atoms with E-state index in [2.05, 4.69) is 38.1 Å². The van der Waals surface area contributed by atoms with E-state index in [0.29, 0.717) is 51.7 Å². The van der Waals surface area contributed by atoms with Crippen molar-refractivity contribution in [3.63, 3.8) is 0 Å². The van der Waals surface area contributed by atoms with E-state index in [4.69, 9.17) is 9.47 Å². The van der Waals surface area contributed by atoms with E-state index >= 15 is 0 Å². The minimum Gasteiger partial charge on any atom is -0.550 e. The van der Waals surface area contributed by atoms with E-state index in [-0.39, 0.29) is 73.9 Å². The van der Waals surface area contributed by atoms with Crippen LogP contribution in [0.4, 0.5) is 0 Å². The van der Waals surface area contributed by atoms with Gasteiger partial charge in [-0.05, 0) is 88.2 Å². The van der Waals surface area contributed by atoms with Gasteiger partial charge in [0.15, 0.2) is 0 Å². The van der Waals surface area contributed by atoms with Crippen LogP contribution in [0.25, 0.3) is 0 Å². The van der Waals surface area contributed by atoms with Crippen molar-refractivity contribution in [2.75, 3.05) is 0 Å². The maximum Gasteiger partial charge on any atom is 2.00 e. The number of rotatable bonds is 38. The minimum absolute atomic E-state index is 0. The summed E-state index contributed by atoms with van der Waals surface area (Å²) in [5.74, 6) is -2.09. The molecule has 332 valence electrons. The summed E-state index contributed by atoms with van der Waals surface area (Å²) in [6, 6.07) is 20.4. The van der Waals surface area contributed by atoms with Crippen LogP contribution in [0.1, 0.15) is 205 Å². The Morgan fingerprint density at radius 2 is 0.780 bits per heavy atom. The minimum atomic E-state index is -1.05. The molecule has 0 fully saturated rings. The van der Waals surface area contributed by atoms with Crippen molar-refractivity contribution >= 4 is 60.8 Å². The number of unbranched alkanes of at least 4 members (excludes halogenated alkanes) is 14. The normalized spacial score (nSPS) is 13.1. The number of aliphatic carboxylic acids is 2. The van der Waals surface area contributed by atoms with Gasteiger partial charge < -0.3 is 39.5 Å². The fraction of sp³-hybridized carbons (Fsp3) is 0.720. The van der Waals surface area contributed by atoms with Crippen molar-refractivity contribution in [3.05, 3.63) is 71.8 Å². The molecule has 2 N–H and O–H groups in total. The van der Waals surface area contributed by atoms with Gasteiger partial charge in [0.25, 0.3) is 0 Å². The number of carboxylic acids is 2. The van der Waals surface area contributed by atoms with Crippen molar-refractivity contribution in [2.24, 2.45) is 0 Å². The van der Waals surface area contributed by atoms with Crippen molar-refractivity contribution in [2.45, 2.75) is 231 Å². The van der Waals surface area contributed by atoms with Gasteiger partial charge in [-0.1, -0.05) is 177 Å². The maximum atomic E-state index is 10.5. The Kier molecular flexibility index (Phi) is 41.2. The molecule has 0 radical (unpaired) electrons. The fourth-order valence-electron chi connectivity index (χ4n) is 7.22. The van der Waals surface area contributed by atoms with Crippen LogP contribution in [0.3, 0.4) is 0 Å². The first-order chi connectivity index (χ1) is 28.2. The van der Waals surface area contributed by atoms with E-state index in [9.17, 15) is 30.0 Å². The summed E-state index contributed by atoms with van der Waals surface area (Å²) < 4.78 is 12.3. The topological polar surface area (TPSA) is 139 Å². The Hall–Kier alpha value is -1.21. The first-order valence-corrected chi connectivity index (χ1v) is 23.3. The molecule has 2 aromatic rings. The standard InChI is InChI=1S/2C25H42O4.Ba/c2*1-2-3-4-5-6-7-8-12-17-24(29-21-22-14-10-9-11-15-22)20-19-23(26)16-13-18-25(27)28;/h2*9-11,14-15,23-24,26H,2-8,12-13,16-21H2,1H3,(H,27,28);/q;;+2/p-2. The van der Waals surface area contributed by atoms with E-state index < -0.39 is 24.1 Å². The zero-order valence-corrected chi connectivity index (χ0v) is 41.8. The number of benzene rings is 2. The van der Waals surface area contributed by atoms with Crippen LogP contribution in [0.15, 0.2) is 60.7 Å². The molecule has 0 spiro atoms. The van der Waals surface area contributed by atoms with Gasteiger partial charge in [0.1, 0.15) is 0 Å². The average molecular weight is 949 g/mol. The molecule has 0 bridgehead atoms. The van der Waals surface area contributed by atoms with Crippen LogP contribution in [-0.4, -0.2) is 95.4 Å². The molecule has 59 heavy (non-hydrogen) atoms. The summed E-state index contributed by atoms with van der Waals surface area (Å²) in [4.78, 5) is 21.0. The Morgan fingerprint density at radius 1 is 0.458 bits per heavy atom. The van der Waals surface area contributed by atoms with Gasteiger partial charge in [0, 0.05) is 11.9 Å². The van der Waals surface area contributed by atoms with Crippen LogP contribution in [0, 0.1) is 0 Å². The van der Waals surface area contributed by atoms with Crippen LogP contribution >= 0.6 is 0 Å². The largest absolute Gasteiger partial charge is 2.00 e. The van der Waals surface area contributed by atoms with Gasteiger partial charge in [-0.2, -0.15) is 0 Å². The number of aliphatic hydroxyl groups is 2. The average Bonchev–Trinajstić information content (AvgIpc) is 3.22. The quantitative estimate of drug-likeness (QED) is 0.0501. The smallest absolute Gasteiger partial charge is 0.550 e. The second-order valence-corrected chi connectivity index (χ2v) is 16.4. The number of carbonyl (C=O) groups is 2. The number of hydrogen-bond donors (Lipinski definition) is 2. The summed E-state index contributed by atoms with van der Waals surface area (Å²) >= 11 is 0. The number of carboxylic acid groups (broad SMARTS) is 2. The van der Waals surface area contributed by atoms with Crippen molar-refractivity contribution in [1.29, 1.82) is 0 Å². The monoisotopic (exact) mass is 949 g/mol. The van der Waals surface area contributed by atoms with Crippen LogP contribution in [0.5, 0.6) is 0 Å². The third-order valence-corrected chi connectivity index (χ3v) is 10.9. The number of hydrogen-bond acceptors (Lipinski definition) is 8. The Labute approximate surface area is 400 Å².